The van der Waals surface area contributed by atoms with E-state index in [2.05, 4.69) is 10.2 Å². The molecule has 134 valence electrons. The van der Waals surface area contributed by atoms with E-state index in [1.807, 2.05) is 41.9 Å². The van der Waals surface area contributed by atoms with Crippen molar-refractivity contribution in [1.29, 1.82) is 5.26 Å². The van der Waals surface area contributed by atoms with Crippen LogP contribution in [0.15, 0.2) is 36.5 Å². The van der Waals surface area contributed by atoms with Crippen LogP contribution in [0.3, 0.4) is 0 Å². The zero-order valence-corrected chi connectivity index (χ0v) is 15.8. The van der Waals surface area contributed by atoms with Crippen molar-refractivity contribution < 1.29 is 4.79 Å². The molecule has 0 aliphatic heterocycles. The molecule has 4 rings (SSSR count). The summed E-state index contributed by atoms with van der Waals surface area (Å²) in [5.74, 6) is -0.340. The molecule has 27 heavy (non-hydrogen) atoms. The van der Waals surface area contributed by atoms with Crippen LogP contribution in [-0.4, -0.2) is 25.5 Å². The summed E-state index contributed by atoms with van der Waals surface area (Å²) in [7, 11) is 0. The van der Waals surface area contributed by atoms with E-state index >= 15 is 0 Å². The standard InChI is InChI=1S/C18H13ClN6OS/c1-10-13-6-15(17(26)25-16(21)12(7-20)8-22-25)27-18(13)24(23-10)9-11-4-2-3-5-14(11)19/h2-6,8H,9,21H2,1H3. The monoisotopic (exact) mass is 396 g/mol. The molecule has 3 heterocycles. The minimum absolute atomic E-state index is 0.0365. The van der Waals surface area contributed by atoms with E-state index in [0.717, 1.165) is 26.2 Å². The number of thiophene rings is 1. The molecule has 0 bridgehead atoms. The van der Waals surface area contributed by atoms with Gasteiger partial charge in [-0.05, 0) is 24.6 Å². The van der Waals surface area contributed by atoms with Crippen LogP contribution < -0.4 is 5.73 Å². The van der Waals surface area contributed by atoms with Gasteiger partial charge in [0.05, 0.1) is 23.3 Å². The Hall–Kier alpha value is -3.15. The smallest absolute Gasteiger partial charge is 0.290 e. The zero-order chi connectivity index (χ0) is 19.1. The van der Waals surface area contributed by atoms with Crippen LogP contribution in [-0.2, 0) is 6.54 Å². The number of hydrogen-bond donors (Lipinski definition) is 1. The summed E-state index contributed by atoms with van der Waals surface area (Å²) in [4.78, 5) is 14.1. The number of nitrogen functional groups attached to an aromatic ring is 1. The number of rotatable bonds is 3. The van der Waals surface area contributed by atoms with Gasteiger partial charge in [-0.1, -0.05) is 29.8 Å². The van der Waals surface area contributed by atoms with E-state index < -0.39 is 0 Å². The molecule has 0 aliphatic carbocycles. The van der Waals surface area contributed by atoms with Gasteiger partial charge in [-0.3, -0.25) is 9.48 Å². The number of nitriles is 1. The Morgan fingerprint density at radius 2 is 2.19 bits per heavy atom. The molecular formula is C18H13ClN6OS. The fraction of sp³-hybridized carbons (Fsp3) is 0.111. The first-order chi connectivity index (χ1) is 13.0. The molecule has 0 atom stereocenters. The van der Waals surface area contributed by atoms with Crippen molar-refractivity contribution in [3.63, 3.8) is 0 Å². The highest BCUT2D eigenvalue weighted by molar-refractivity contribution is 7.20. The molecular weight excluding hydrogens is 384 g/mol. The van der Waals surface area contributed by atoms with Gasteiger partial charge in [0, 0.05) is 10.4 Å². The Balaban J connectivity index is 1.75. The van der Waals surface area contributed by atoms with Gasteiger partial charge in [0.15, 0.2) is 0 Å². The van der Waals surface area contributed by atoms with Gasteiger partial charge in [-0.15, -0.1) is 11.3 Å². The average Bonchev–Trinajstić information content (AvgIpc) is 3.32. The zero-order valence-electron chi connectivity index (χ0n) is 14.2. The second kappa shape index (κ2) is 6.54. The lowest BCUT2D eigenvalue weighted by atomic mass is 10.2. The van der Waals surface area contributed by atoms with Gasteiger partial charge < -0.3 is 5.73 Å². The molecule has 3 aromatic heterocycles. The fourth-order valence-corrected chi connectivity index (χ4v) is 4.11. The van der Waals surface area contributed by atoms with Gasteiger partial charge in [0.1, 0.15) is 22.3 Å². The highest BCUT2D eigenvalue weighted by Crippen LogP contribution is 2.30. The van der Waals surface area contributed by atoms with Crippen molar-refractivity contribution in [1.82, 2.24) is 19.6 Å². The first-order valence-electron chi connectivity index (χ1n) is 7.98. The minimum atomic E-state index is -0.376. The number of fused-ring (bicyclic) bond motifs is 1. The molecule has 0 aliphatic rings. The quantitative estimate of drug-likeness (QED) is 0.571. The third kappa shape index (κ3) is 2.87. The molecule has 0 saturated heterocycles. The minimum Gasteiger partial charge on any atom is -0.382 e. The fourth-order valence-electron chi connectivity index (χ4n) is 2.82. The van der Waals surface area contributed by atoms with Crippen molar-refractivity contribution in [2.24, 2.45) is 0 Å². The lowest BCUT2D eigenvalue weighted by Crippen LogP contribution is -2.15. The second-order valence-electron chi connectivity index (χ2n) is 5.94. The molecule has 9 heteroatoms. The lowest BCUT2D eigenvalue weighted by molar-refractivity contribution is 0.0952. The van der Waals surface area contributed by atoms with Gasteiger partial charge in [0.2, 0.25) is 0 Å². The van der Waals surface area contributed by atoms with E-state index in [4.69, 9.17) is 22.6 Å². The van der Waals surface area contributed by atoms with Crippen LogP contribution in [0.2, 0.25) is 5.02 Å². The Morgan fingerprint density at radius 3 is 2.89 bits per heavy atom. The van der Waals surface area contributed by atoms with Crippen molar-refractivity contribution in [2.75, 3.05) is 5.73 Å². The summed E-state index contributed by atoms with van der Waals surface area (Å²) in [6, 6.07) is 11.3. The molecule has 0 amide bonds. The molecule has 2 N–H and O–H groups in total. The predicted molar refractivity (Wildman–Crippen MR) is 104 cm³/mol. The molecule has 0 fully saturated rings. The third-order valence-corrected chi connectivity index (χ3v) is 5.72. The summed E-state index contributed by atoms with van der Waals surface area (Å²) in [6.07, 6.45) is 1.28. The van der Waals surface area contributed by atoms with Gasteiger partial charge >= 0.3 is 0 Å². The highest BCUT2D eigenvalue weighted by atomic mass is 35.5. The number of benzene rings is 1. The number of nitrogens with two attached hydrogens (primary N) is 1. The number of aryl methyl sites for hydroxylation is 1. The molecule has 0 radical (unpaired) electrons. The summed E-state index contributed by atoms with van der Waals surface area (Å²) in [5.41, 5.74) is 7.76. The van der Waals surface area contributed by atoms with E-state index in [1.54, 1.807) is 6.07 Å². The molecule has 4 aromatic rings. The Morgan fingerprint density at radius 1 is 1.41 bits per heavy atom. The Kier molecular flexibility index (Phi) is 4.18. The van der Waals surface area contributed by atoms with Crippen LogP contribution in [0.1, 0.15) is 26.5 Å². The normalized spacial score (nSPS) is 11.0. The third-order valence-electron chi connectivity index (χ3n) is 4.22. The first kappa shape index (κ1) is 17.3. The van der Waals surface area contributed by atoms with Crippen LogP contribution in [0, 0.1) is 18.3 Å². The summed E-state index contributed by atoms with van der Waals surface area (Å²) in [6.45, 7) is 2.39. The first-order valence-corrected chi connectivity index (χ1v) is 9.17. The Bertz CT molecular complexity index is 1230. The average molecular weight is 397 g/mol. The van der Waals surface area contributed by atoms with E-state index in [-0.39, 0.29) is 17.3 Å². The van der Waals surface area contributed by atoms with Gasteiger partial charge in [-0.25, -0.2) is 0 Å². The number of nitrogens with zero attached hydrogens (tertiary/aromatic N) is 5. The van der Waals surface area contributed by atoms with E-state index in [9.17, 15) is 4.79 Å². The van der Waals surface area contributed by atoms with Crippen molar-refractivity contribution in [3.05, 3.63) is 63.2 Å². The number of halogens is 1. The number of anilines is 1. The van der Waals surface area contributed by atoms with Crippen LogP contribution in [0.25, 0.3) is 10.2 Å². The number of carbonyl (C=O) groups excluding carboxylic acids is 1. The Labute approximate surface area is 163 Å². The molecule has 0 spiro atoms. The van der Waals surface area contributed by atoms with E-state index in [1.165, 1.54) is 17.5 Å². The SMILES string of the molecule is Cc1nn(Cc2ccccc2Cl)c2sc(C(=O)n3ncc(C#N)c3N)cc12. The predicted octanol–water partition coefficient (Wildman–Crippen LogP) is 3.45. The maximum Gasteiger partial charge on any atom is 0.290 e. The highest BCUT2D eigenvalue weighted by Gasteiger charge is 2.21. The lowest BCUT2D eigenvalue weighted by Gasteiger charge is -2.05. The summed E-state index contributed by atoms with van der Waals surface area (Å²) >= 11 is 7.56. The summed E-state index contributed by atoms with van der Waals surface area (Å²) < 4.78 is 2.88. The van der Waals surface area contributed by atoms with Crippen molar-refractivity contribution in [2.45, 2.75) is 13.5 Å². The molecule has 1 aromatic carbocycles. The topological polar surface area (TPSA) is 103 Å². The van der Waals surface area contributed by atoms with Gasteiger partial charge in [0.25, 0.3) is 5.91 Å². The molecule has 0 unspecified atom stereocenters. The summed E-state index contributed by atoms with van der Waals surface area (Å²) in [5, 5.41) is 19.0. The van der Waals surface area contributed by atoms with Crippen LogP contribution in [0.4, 0.5) is 5.82 Å². The molecule has 7 nitrogen and oxygen atoms in total. The van der Waals surface area contributed by atoms with Crippen molar-refractivity contribution >= 4 is 44.9 Å². The van der Waals surface area contributed by atoms with Crippen LogP contribution in [0.5, 0.6) is 0 Å². The maximum atomic E-state index is 12.8. The largest absolute Gasteiger partial charge is 0.382 e. The van der Waals surface area contributed by atoms with Gasteiger partial charge in [-0.2, -0.15) is 20.1 Å². The van der Waals surface area contributed by atoms with Crippen LogP contribution >= 0.6 is 22.9 Å². The number of aromatic nitrogens is 4. The maximum absolute atomic E-state index is 12.8. The number of hydrogen-bond acceptors (Lipinski definition) is 6. The molecule has 0 saturated carbocycles. The van der Waals surface area contributed by atoms with E-state index in [0.29, 0.717) is 16.4 Å². The second-order valence-corrected chi connectivity index (χ2v) is 7.37. The number of carbonyl (C=O) groups is 1. The van der Waals surface area contributed by atoms with Crippen molar-refractivity contribution in [3.8, 4) is 6.07 Å².